The van der Waals surface area contributed by atoms with Crippen molar-refractivity contribution >= 4 is 11.6 Å². The highest BCUT2D eigenvalue weighted by Gasteiger charge is 2.23. The van der Waals surface area contributed by atoms with Crippen molar-refractivity contribution in [1.82, 2.24) is 9.47 Å². The van der Waals surface area contributed by atoms with Crippen LogP contribution in [0, 0.1) is 0 Å². The van der Waals surface area contributed by atoms with Gasteiger partial charge in [0.15, 0.2) is 0 Å². The molecule has 0 spiro atoms. The van der Waals surface area contributed by atoms with Crippen LogP contribution in [0.15, 0.2) is 42.7 Å². The number of nitrogens with zero attached hydrogens (tertiary/aromatic N) is 3. The second-order valence-electron chi connectivity index (χ2n) is 5.52. The molecule has 1 aromatic heterocycles. The van der Waals surface area contributed by atoms with Crippen LogP contribution in [-0.2, 0) is 7.05 Å². The summed E-state index contributed by atoms with van der Waals surface area (Å²) in [4.78, 5) is 16.6. The maximum absolute atomic E-state index is 12.4. The normalized spacial score (nSPS) is 15.0. The van der Waals surface area contributed by atoms with E-state index < -0.39 is 0 Å². The molecule has 1 saturated heterocycles. The molecule has 1 aromatic carbocycles. The van der Waals surface area contributed by atoms with Gasteiger partial charge in [-0.1, -0.05) is 12.1 Å². The fourth-order valence-corrected chi connectivity index (χ4v) is 2.85. The van der Waals surface area contributed by atoms with Crippen molar-refractivity contribution in [3.8, 4) is 5.75 Å². The van der Waals surface area contributed by atoms with Gasteiger partial charge in [-0.15, -0.1) is 0 Å². The number of anilines is 1. The van der Waals surface area contributed by atoms with Crippen LogP contribution >= 0.6 is 0 Å². The van der Waals surface area contributed by atoms with E-state index in [-0.39, 0.29) is 5.91 Å². The standard InChI is InChI=1S/C17H21N3O2/c1-18-8-7-14(13-18)17(21)20-11-9-19(10-12-20)15-5-3-4-6-16(15)22-2/h3-8,13H,9-12H2,1-2H3. The van der Waals surface area contributed by atoms with Crippen LogP contribution < -0.4 is 9.64 Å². The van der Waals surface area contributed by atoms with Gasteiger partial charge in [-0.05, 0) is 18.2 Å². The van der Waals surface area contributed by atoms with Crippen molar-refractivity contribution in [2.45, 2.75) is 0 Å². The molecular formula is C17H21N3O2. The first-order valence-corrected chi connectivity index (χ1v) is 7.48. The molecule has 5 nitrogen and oxygen atoms in total. The van der Waals surface area contributed by atoms with Gasteiger partial charge in [0, 0.05) is 45.6 Å². The van der Waals surface area contributed by atoms with Crippen LogP contribution in [-0.4, -0.2) is 48.7 Å². The smallest absolute Gasteiger partial charge is 0.255 e. The number of piperazine rings is 1. The first kappa shape index (κ1) is 14.5. The Labute approximate surface area is 130 Å². The number of hydrogen-bond acceptors (Lipinski definition) is 3. The van der Waals surface area contributed by atoms with E-state index in [1.54, 1.807) is 7.11 Å². The molecule has 0 bridgehead atoms. The Bertz CT molecular complexity index is 657. The summed E-state index contributed by atoms with van der Waals surface area (Å²) in [5, 5.41) is 0. The first-order valence-electron chi connectivity index (χ1n) is 7.48. The Balaban J connectivity index is 1.66. The molecule has 0 unspecified atom stereocenters. The fourth-order valence-electron chi connectivity index (χ4n) is 2.85. The van der Waals surface area contributed by atoms with Crippen LogP contribution in [0.4, 0.5) is 5.69 Å². The van der Waals surface area contributed by atoms with E-state index in [4.69, 9.17) is 4.74 Å². The number of para-hydroxylation sites is 2. The Morgan fingerprint density at radius 1 is 1.09 bits per heavy atom. The summed E-state index contributed by atoms with van der Waals surface area (Å²) in [6, 6.07) is 9.89. The monoisotopic (exact) mass is 299 g/mol. The highest BCUT2D eigenvalue weighted by molar-refractivity contribution is 5.94. The average Bonchev–Trinajstić information content (AvgIpc) is 3.01. The highest BCUT2D eigenvalue weighted by Crippen LogP contribution is 2.28. The van der Waals surface area contributed by atoms with Gasteiger partial charge in [0.05, 0.1) is 18.4 Å². The zero-order chi connectivity index (χ0) is 15.5. The van der Waals surface area contributed by atoms with E-state index in [9.17, 15) is 4.79 Å². The van der Waals surface area contributed by atoms with Crippen molar-refractivity contribution in [2.75, 3.05) is 38.2 Å². The number of rotatable bonds is 3. The molecule has 0 aliphatic carbocycles. The minimum absolute atomic E-state index is 0.111. The van der Waals surface area contributed by atoms with Gasteiger partial charge in [-0.2, -0.15) is 0 Å². The van der Waals surface area contributed by atoms with Gasteiger partial charge in [-0.25, -0.2) is 0 Å². The predicted molar refractivity (Wildman–Crippen MR) is 86.5 cm³/mol. The lowest BCUT2D eigenvalue weighted by atomic mass is 10.2. The number of aromatic nitrogens is 1. The lowest BCUT2D eigenvalue weighted by Gasteiger charge is -2.36. The van der Waals surface area contributed by atoms with Crippen molar-refractivity contribution in [2.24, 2.45) is 7.05 Å². The van der Waals surface area contributed by atoms with E-state index in [0.717, 1.165) is 43.2 Å². The summed E-state index contributed by atoms with van der Waals surface area (Å²) in [7, 11) is 3.62. The van der Waals surface area contributed by atoms with Crippen LogP contribution in [0.3, 0.4) is 0 Å². The van der Waals surface area contributed by atoms with Crippen molar-refractivity contribution in [3.05, 3.63) is 48.3 Å². The van der Waals surface area contributed by atoms with Gasteiger partial charge in [0.25, 0.3) is 5.91 Å². The number of carbonyl (C=O) groups excluding carboxylic acids is 1. The number of aryl methyl sites for hydroxylation is 1. The molecule has 22 heavy (non-hydrogen) atoms. The van der Waals surface area contributed by atoms with Gasteiger partial charge in [0.2, 0.25) is 0 Å². The number of ether oxygens (including phenoxy) is 1. The summed E-state index contributed by atoms with van der Waals surface area (Å²) < 4.78 is 7.32. The second-order valence-corrected chi connectivity index (χ2v) is 5.52. The molecule has 1 fully saturated rings. The van der Waals surface area contributed by atoms with Gasteiger partial charge in [0.1, 0.15) is 5.75 Å². The number of methoxy groups -OCH3 is 1. The average molecular weight is 299 g/mol. The molecule has 1 aliphatic rings. The highest BCUT2D eigenvalue weighted by atomic mass is 16.5. The summed E-state index contributed by atoms with van der Waals surface area (Å²) in [6.45, 7) is 3.09. The Morgan fingerprint density at radius 2 is 1.82 bits per heavy atom. The van der Waals surface area contributed by atoms with Crippen LogP contribution in [0.2, 0.25) is 0 Å². The summed E-state index contributed by atoms with van der Waals surface area (Å²) in [5.41, 5.74) is 1.85. The number of carbonyl (C=O) groups is 1. The molecule has 116 valence electrons. The van der Waals surface area contributed by atoms with Crippen LogP contribution in [0.25, 0.3) is 0 Å². The minimum atomic E-state index is 0.111. The molecule has 3 rings (SSSR count). The minimum Gasteiger partial charge on any atom is -0.495 e. The zero-order valence-electron chi connectivity index (χ0n) is 13.0. The molecular weight excluding hydrogens is 278 g/mol. The zero-order valence-corrected chi connectivity index (χ0v) is 13.0. The third-order valence-electron chi connectivity index (χ3n) is 4.07. The summed E-state index contributed by atoms with van der Waals surface area (Å²) >= 11 is 0. The summed E-state index contributed by atoms with van der Waals surface area (Å²) in [5.74, 6) is 0.991. The first-order chi connectivity index (χ1) is 10.7. The largest absolute Gasteiger partial charge is 0.495 e. The Hall–Kier alpha value is -2.43. The van der Waals surface area contributed by atoms with E-state index in [0.29, 0.717) is 0 Å². The molecule has 1 aliphatic heterocycles. The topological polar surface area (TPSA) is 37.7 Å². The number of benzene rings is 1. The molecule has 5 heteroatoms. The fraction of sp³-hybridized carbons (Fsp3) is 0.353. The number of amides is 1. The SMILES string of the molecule is COc1ccccc1N1CCN(C(=O)c2ccn(C)c2)CC1. The maximum Gasteiger partial charge on any atom is 0.255 e. The van der Waals surface area contributed by atoms with E-state index in [1.165, 1.54) is 0 Å². The van der Waals surface area contributed by atoms with Gasteiger partial charge < -0.3 is 19.1 Å². The second kappa shape index (κ2) is 6.13. The maximum atomic E-state index is 12.4. The Morgan fingerprint density at radius 3 is 2.45 bits per heavy atom. The predicted octanol–water partition coefficient (Wildman–Crippen LogP) is 2.00. The van der Waals surface area contributed by atoms with E-state index >= 15 is 0 Å². The third-order valence-corrected chi connectivity index (χ3v) is 4.07. The molecule has 0 atom stereocenters. The molecule has 0 saturated carbocycles. The van der Waals surface area contributed by atoms with Crippen LogP contribution in [0.1, 0.15) is 10.4 Å². The molecule has 1 amide bonds. The molecule has 2 heterocycles. The van der Waals surface area contributed by atoms with Crippen molar-refractivity contribution < 1.29 is 9.53 Å². The lowest BCUT2D eigenvalue weighted by Crippen LogP contribution is -2.48. The van der Waals surface area contributed by atoms with Crippen LogP contribution in [0.5, 0.6) is 5.75 Å². The summed E-state index contributed by atoms with van der Waals surface area (Å²) in [6.07, 6.45) is 3.77. The molecule has 2 aromatic rings. The van der Waals surface area contributed by atoms with Gasteiger partial charge in [-0.3, -0.25) is 4.79 Å². The van der Waals surface area contributed by atoms with E-state index in [2.05, 4.69) is 11.0 Å². The third kappa shape index (κ3) is 2.79. The quantitative estimate of drug-likeness (QED) is 0.870. The van der Waals surface area contributed by atoms with E-state index in [1.807, 2.05) is 53.2 Å². The lowest BCUT2D eigenvalue weighted by molar-refractivity contribution is 0.0746. The van der Waals surface area contributed by atoms with Gasteiger partial charge >= 0.3 is 0 Å². The van der Waals surface area contributed by atoms with Crippen molar-refractivity contribution in [1.29, 1.82) is 0 Å². The molecule has 0 N–H and O–H groups in total. The number of hydrogen-bond donors (Lipinski definition) is 0. The van der Waals surface area contributed by atoms with Crippen molar-refractivity contribution in [3.63, 3.8) is 0 Å². The molecule has 0 radical (unpaired) electrons. The Kier molecular flexibility index (Phi) is 4.04.